The maximum absolute atomic E-state index is 13.5. The van der Waals surface area contributed by atoms with Gasteiger partial charge in [0.25, 0.3) is 5.91 Å². The van der Waals surface area contributed by atoms with Crippen LogP contribution in [-0.2, 0) is 22.1 Å². The van der Waals surface area contributed by atoms with E-state index in [2.05, 4.69) is 14.9 Å². The van der Waals surface area contributed by atoms with Crippen molar-refractivity contribution in [3.05, 3.63) is 58.7 Å². The molecule has 0 saturated carbocycles. The van der Waals surface area contributed by atoms with Crippen molar-refractivity contribution in [3.63, 3.8) is 0 Å². The summed E-state index contributed by atoms with van der Waals surface area (Å²) in [5, 5.41) is 0. The summed E-state index contributed by atoms with van der Waals surface area (Å²) in [4.78, 5) is 26.9. The lowest BCUT2D eigenvalue weighted by Crippen LogP contribution is -2.46. The quantitative estimate of drug-likeness (QED) is 0.473. The van der Waals surface area contributed by atoms with E-state index in [1.165, 1.54) is 18.5 Å². The molecule has 4 fully saturated rings. The van der Waals surface area contributed by atoms with Gasteiger partial charge in [0.15, 0.2) is 0 Å². The van der Waals surface area contributed by atoms with E-state index < -0.39 is 11.7 Å². The molecule has 1 aromatic carbocycles. The first kappa shape index (κ1) is 28.6. The molecule has 7 nitrogen and oxygen atoms in total. The fourth-order valence-corrected chi connectivity index (χ4v) is 7.10. The monoisotopic (exact) mass is 572 g/mol. The van der Waals surface area contributed by atoms with E-state index in [9.17, 15) is 18.0 Å². The Morgan fingerprint density at radius 3 is 2.39 bits per heavy atom. The summed E-state index contributed by atoms with van der Waals surface area (Å²) in [5.41, 5.74) is 2.28. The molecule has 0 bridgehead atoms. The van der Waals surface area contributed by atoms with Gasteiger partial charge in [-0.3, -0.25) is 9.69 Å². The van der Waals surface area contributed by atoms with Crippen LogP contribution in [0.3, 0.4) is 0 Å². The van der Waals surface area contributed by atoms with E-state index in [1.54, 1.807) is 0 Å². The van der Waals surface area contributed by atoms with Crippen LogP contribution in [0.2, 0.25) is 0 Å². The second-order valence-corrected chi connectivity index (χ2v) is 12.2. The van der Waals surface area contributed by atoms with Crippen LogP contribution in [0.25, 0.3) is 0 Å². The number of carbonyl (C=O) groups is 1. The summed E-state index contributed by atoms with van der Waals surface area (Å²) in [7, 11) is 0. The summed E-state index contributed by atoms with van der Waals surface area (Å²) >= 11 is 0. The number of ether oxygens (including phenoxy) is 2. The highest BCUT2D eigenvalue weighted by Gasteiger charge is 2.40. The van der Waals surface area contributed by atoms with E-state index in [1.807, 2.05) is 11.8 Å². The zero-order chi connectivity index (χ0) is 28.6. The lowest BCUT2D eigenvalue weighted by Gasteiger charge is -2.37. The number of hydrogen-bond acceptors (Lipinski definition) is 6. The van der Waals surface area contributed by atoms with Crippen molar-refractivity contribution in [2.24, 2.45) is 11.8 Å². The molecule has 4 saturated heterocycles. The normalized spacial score (nSPS) is 27.8. The molecular weight excluding hydrogens is 533 g/mol. The third kappa shape index (κ3) is 6.29. The standard InChI is InChI=1S/C31H39F3N4O3/c1-20-27(10-9-26-3-2-4-28(41-26)21-5-7-24(8-6-21)31(32,33)34)35-19-36-29(20)30(39)37-13-11-25(12-14-37)38-15-22-17-40-18-23(22)16-38/h5-8,19,22-23,25-26,28H,2-4,9-18H2,1H3/t22?,23?,26-,28+/m1/s1. The topological polar surface area (TPSA) is 67.8 Å². The Balaban J connectivity index is 1.02. The summed E-state index contributed by atoms with van der Waals surface area (Å²) in [5.74, 6) is 1.32. The van der Waals surface area contributed by atoms with Crippen LogP contribution in [0.5, 0.6) is 0 Å². The number of fused-ring (bicyclic) bond motifs is 1. The molecule has 5 heterocycles. The number of carbonyl (C=O) groups excluding carboxylic acids is 1. The molecule has 2 aromatic rings. The van der Waals surface area contributed by atoms with Gasteiger partial charge in [0.05, 0.1) is 31.0 Å². The highest BCUT2D eigenvalue weighted by Crippen LogP contribution is 2.36. The predicted octanol–water partition coefficient (Wildman–Crippen LogP) is 5.23. The lowest BCUT2D eigenvalue weighted by molar-refractivity contribution is -0.137. The van der Waals surface area contributed by atoms with Gasteiger partial charge < -0.3 is 14.4 Å². The van der Waals surface area contributed by atoms with Crippen molar-refractivity contribution in [1.82, 2.24) is 19.8 Å². The van der Waals surface area contributed by atoms with Crippen molar-refractivity contribution in [2.45, 2.75) is 76.3 Å². The van der Waals surface area contributed by atoms with Crippen LogP contribution in [0, 0.1) is 18.8 Å². The molecule has 6 rings (SSSR count). The second kappa shape index (κ2) is 12.0. The number of amides is 1. The minimum atomic E-state index is -4.34. The average Bonchev–Trinajstić information content (AvgIpc) is 3.59. The third-order valence-corrected chi connectivity index (χ3v) is 9.59. The van der Waals surface area contributed by atoms with Crippen molar-refractivity contribution in [3.8, 4) is 0 Å². The highest BCUT2D eigenvalue weighted by molar-refractivity contribution is 5.93. The first-order chi connectivity index (χ1) is 19.8. The van der Waals surface area contributed by atoms with Gasteiger partial charge in [0, 0.05) is 55.3 Å². The summed E-state index contributed by atoms with van der Waals surface area (Å²) < 4.78 is 50.7. The summed E-state index contributed by atoms with van der Waals surface area (Å²) in [6.45, 7) is 7.42. The molecule has 0 spiro atoms. The fourth-order valence-electron chi connectivity index (χ4n) is 7.10. The molecule has 1 amide bonds. The number of halogens is 3. The molecule has 0 radical (unpaired) electrons. The molecule has 0 N–H and O–H groups in total. The van der Waals surface area contributed by atoms with Crippen molar-refractivity contribution >= 4 is 5.91 Å². The molecule has 222 valence electrons. The summed E-state index contributed by atoms with van der Waals surface area (Å²) in [6, 6.07) is 5.83. The summed E-state index contributed by atoms with van der Waals surface area (Å²) in [6.07, 6.45) is 2.92. The largest absolute Gasteiger partial charge is 0.416 e. The number of likely N-dealkylation sites (tertiary alicyclic amines) is 2. The Labute approximate surface area is 239 Å². The van der Waals surface area contributed by atoms with Crippen molar-refractivity contribution in [1.29, 1.82) is 0 Å². The van der Waals surface area contributed by atoms with E-state index in [-0.39, 0.29) is 18.1 Å². The van der Waals surface area contributed by atoms with Crippen LogP contribution in [0.4, 0.5) is 13.2 Å². The Morgan fingerprint density at radius 1 is 1.00 bits per heavy atom. The molecular formula is C31H39F3N4O3. The van der Waals surface area contributed by atoms with E-state index in [0.717, 1.165) is 107 Å². The van der Waals surface area contributed by atoms with Gasteiger partial charge in [-0.1, -0.05) is 12.1 Å². The number of benzene rings is 1. The van der Waals surface area contributed by atoms with Gasteiger partial charge in [-0.15, -0.1) is 0 Å². The Kier molecular flexibility index (Phi) is 8.34. The number of nitrogens with zero attached hydrogens (tertiary/aromatic N) is 4. The highest BCUT2D eigenvalue weighted by atomic mass is 19.4. The van der Waals surface area contributed by atoms with E-state index in [0.29, 0.717) is 30.0 Å². The van der Waals surface area contributed by atoms with Crippen LogP contribution >= 0.6 is 0 Å². The number of aryl methyl sites for hydroxylation is 1. The lowest BCUT2D eigenvalue weighted by atomic mass is 9.95. The maximum Gasteiger partial charge on any atom is 0.416 e. The van der Waals surface area contributed by atoms with Gasteiger partial charge in [0.1, 0.15) is 12.0 Å². The molecule has 0 aliphatic carbocycles. The maximum atomic E-state index is 13.5. The van der Waals surface area contributed by atoms with Gasteiger partial charge >= 0.3 is 6.18 Å². The number of aromatic nitrogens is 2. The van der Waals surface area contributed by atoms with Gasteiger partial charge in [-0.2, -0.15) is 13.2 Å². The third-order valence-electron chi connectivity index (χ3n) is 9.59. The Morgan fingerprint density at radius 2 is 1.71 bits per heavy atom. The smallest absolute Gasteiger partial charge is 0.381 e. The van der Waals surface area contributed by atoms with E-state index in [4.69, 9.17) is 9.47 Å². The molecule has 41 heavy (non-hydrogen) atoms. The fraction of sp³-hybridized carbons (Fsp3) is 0.645. The first-order valence-corrected chi connectivity index (χ1v) is 15.0. The predicted molar refractivity (Wildman–Crippen MR) is 146 cm³/mol. The Hall–Kier alpha value is -2.56. The zero-order valence-corrected chi connectivity index (χ0v) is 23.6. The van der Waals surface area contributed by atoms with Crippen LogP contribution in [0.15, 0.2) is 30.6 Å². The Bertz CT molecular complexity index is 1200. The van der Waals surface area contributed by atoms with Gasteiger partial charge in [-0.25, -0.2) is 9.97 Å². The van der Waals surface area contributed by atoms with Gasteiger partial charge in [-0.05, 0) is 69.6 Å². The molecule has 4 aliphatic heterocycles. The molecule has 4 atom stereocenters. The number of rotatable bonds is 6. The number of piperidine rings is 1. The minimum Gasteiger partial charge on any atom is -0.381 e. The average molecular weight is 573 g/mol. The molecule has 10 heteroatoms. The molecule has 2 unspecified atom stereocenters. The van der Waals surface area contributed by atoms with Crippen molar-refractivity contribution in [2.75, 3.05) is 39.4 Å². The number of hydrogen-bond donors (Lipinski definition) is 0. The van der Waals surface area contributed by atoms with Crippen LogP contribution in [-0.4, -0.2) is 77.2 Å². The molecule has 4 aliphatic rings. The number of alkyl halides is 3. The van der Waals surface area contributed by atoms with E-state index >= 15 is 0 Å². The van der Waals surface area contributed by atoms with Gasteiger partial charge in [0.2, 0.25) is 0 Å². The SMILES string of the molecule is Cc1c(CC[C@H]2CCC[C@@H](c3ccc(C(F)(F)F)cc3)O2)ncnc1C(=O)N1CCC(N2CC3COCC3C2)CC1. The second-order valence-electron chi connectivity index (χ2n) is 12.2. The first-order valence-electron chi connectivity index (χ1n) is 15.0. The zero-order valence-electron chi connectivity index (χ0n) is 23.6. The minimum absolute atomic E-state index is 0.0136. The van der Waals surface area contributed by atoms with Crippen LogP contribution in [0.1, 0.15) is 77.5 Å². The van der Waals surface area contributed by atoms with Crippen molar-refractivity contribution < 1.29 is 27.4 Å². The van der Waals surface area contributed by atoms with Crippen LogP contribution < -0.4 is 0 Å². The molecule has 1 aromatic heterocycles.